The second kappa shape index (κ2) is 5.18. The maximum atomic E-state index is 4.96. The predicted octanol–water partition coefficient (Wildman–Crippen LogP) is -1.02. The number of rotatable bonds is 0. The molecule has 3 heteroatoms. The minimum atomic E-state index is 0. The van der Waals surface area contributed by atoms with Gasteiger partial charge < -0.3 is 23.2 Å². The molecule has 0 rings (SSSR count). The molecule has 0 saturated heterocycles. The average Bonchev–Trinajstić information content (AvgIpc) is 0.811. The number of hydrogen-bond donors (Lipinski definition) is 0. The quantitative estimate of drug-likeness (QED) is 0.273. The van der Waals surface area contributed by atoms with Crippen molar-refractivity contribution < 1.29 is 18.9 Å². The van der Waals surface area contributed by atoms with Gasteiger partial charge in [0.15, 0.2) is 0 Å². The summed E-state index contributed by atoms with van der Waals surface area (Å²) in [6.45, 7) is 1.61. The molecule has 0 nitrogen and oxygen atoms in total. The molecule has 0 fully saturated rings. The Labute approximate surface area is 54.0 Å². The summed E-state index contributed by atoms with van der Waals surface area (Å²) in [6.07, 6.45) is 0. The molecule has 0 aromatic carbocycles. The molecule has 0 aliphatic carbocycles. The first kappa shape index (κ1) is 9.49. The van der Waals surface area contributed by atoms with E-state index in [-0.39, 0.29) is 18.9 Å². The van der Waals surface area contributed by atoms with E-state index in [0.29, 0.717) is 4.84 Å². The molecule has 0 aliphatic heterocycles. The van der Waals surface area contributed by atoms with E-state index < -0.39 is 0 Å². The Bertz CT molecular complexity index is 12.4. The largest absolute Gasteiger partial charge is 1.00 e. The van der Waals surface area contributed by atoms with Crippen LogP contribution in [0.15, 0.2) is 0 Å². The SMILES string of the molecule is C[C-](Cl)Cl.[Li+]. The molecule has 0 heterocycles. The Hall–Kier alpha value is 1.18. The molecule has 5 heavy (non-hydrogen) atoms. The number of hydrogen-bond acceptors (Lipinski definition) is 0. The predicted molar refractivity (Wildman–Crippen MR) is 20.6 cm³/mol. The van der Waals surface area contributed by atoms with E-state index in [2.05, 4.69) is 0 Å². The first-order valence-electron chi connectivity index (χ1n) is 0.878. The topological polar surface area (TPSA) is 0 Å². The van der Waals surface area contributed by atoms with Crippen LogP contribution < -0.4 is 18.9 Å². The van der Waals surface area contributed by atoms with Crippen LogP contribution in [0.1, 0.15) is 6.92 Å². The second-order valence-electron chi connectivity index (χ2n) is 0.449. The molecular weight excluding hydrogens is 102 g/mol. The van der Waals surface area contributed by atoms with Crippen molar-refractivity contribution in [2.24, 2.45) is 0 Å². The summed E-state index contributed by atoms with van der Waals surface area (Å²) in [5.74, 6) is 0. The van der Waals surface area contributed by atoms with Gasteiger partial charge in [0.1, 0.15) is 0 Å². The van der Waals surface area contributed by atoms with Gasteiger partial charge in [-0.25, -0.2) is 0 Å². The van der Waals surface area contributed by atoms with Crippen molar-refractivity contribution in [2.45, 2.75) is 6.92 Å². The Kier molecular flexibility index (Phi) is 9.83. The number of halogens is 2. The Balaban J connectivity index is 0. The van der Waals surface area contributed by atoms with Gasteiger partial charge in [-0.1, -0.05) is 0 Å². The third-order valence-corrected chi connectivity index (χ3v) is 0. The maximum absolute atomic E-state index is 4.96. The first-order valence-corrected chi connectivity index (χ1v) is 1.63. The molecule has 0 aromatic heterocycles. The molecule has 0 aliphatic rings. The van der Waals surface area contributed by atoms with E-state index in [1.54, 1.807) is 6.92 Å². The first-order chi connectivity index (χ1) is 1.73. The normalized spacial score (nSPS) is 7.20. The maximum Gasteiger partial charge on any atom is 1.00 e. The van der Waals surface area contributed by atoms with Crippen molar-refractivity contribution in [1.82, 2.24) is 0 Å². The summed E-state index contributed by atoms with van der Waals surface area (Å²) in [5.41, 5.74) is 0. The molecule has 0 unspecified atom stereocenters. The van der Waals surface area contributed by atoms with Crippen LogP contribution in [0.2, 0.25) is 0 Å². The zero-order chi connectivity index (χ0) is 3.58. The van der Waals surface area contributed by atoms with Crippen molar-refractivity contribution >= 4 is 23.2 Å². The van der Waals surface area contributed by atoms with Gasteiger partial charge in [0.25, 0.3) is 0 Å². The van der Waals surface area contributed by atoms with Crippen LogP contribution in [-0.2, 0) is 0 Å². The summed E-state index contributed by atoms with van der Waals surface area (Å²) < 4.78 is 0. The molecule has 0 aromatic rings. The van der Waals surface area contributed by atoms with Crippen molar-refractivity contribution in [3.05, 3.63) is 4.84 Å². The van der Waals surface area contributed by atoms with Gasteiger partial charge in [0.05, 0.1) is 0 Å². The Morgan fingerprint density at radius 3 is 1.40 bits per heavy atom. The van der Waals surface area contributed by atoms with Crippen LogP contribution in [0, 0.1) is 4.84 Å². The zero-order valence-electron chi connectivity index (χ0n) is 3.26. The van der Waals surface area contributed by atoms with Gasteiger partial charge in [-0.2, -0.15) is 6.92 Å². The van der Waals surface area contributed by atoms with E-state index in [9.17, 15) is 0 Å². The molecule has 0 atom stereocenters. The molecule has 0 saturated carbocycles. The molecule has 0 amide bonds. The molecular formula is C2H3Cl2Li. The van der Waals surface area contributed by atoms with Gasteiger partial charge in [0.2, 0.25) is 0 Å². The Morgan fingerprint density at radius 1 is 1.40 bits per heavy atom. The summed E-state index contributed by atoms with van der Waals surface area (Å²) >= 11 is 9.91. The van der Waals surface area contributed by atoms with E-state index >= 15 is 0 Å². The van der Waals surface area contributed by atoms with Gasteiger partial charge in [-0.05, 0) is 0 Å². The average molecular weight is 105 g/mol. The van der Waals surface area contributed by atoms with Crippen molar-refractivity contribution in [3.8, 4) is 0 Å². The molecule has 26 valence electrons. The molecule has 0 bridgehead atoms. The van der Waals surface area contributed by atoms with Crippen LogP contribution in [0.4, 0.5) is 0 Å². The van der Waals surface area contributed by atoms with Gasteiger partial charge >= 0.3 is 18.9 Å². The van der Waals surface area contributed by atoms with Crippen LogP contribution >= 0.6 is 23.2 Å². The fraction of sp³-hybridized carbons (Fsp3) is 0.500. The zero-order valence-corrected chi connectivity index (χ0v) is 4.77. The van der Waals surface area contributed by atoms with E-state index in [0.717, 1.165) is 0 Å². The summed E-state index contributed by atoms with van der Waals surface area (Å²) in [4.78, 5) is 0.361. The van der Waals surface area contributed by atoms with Gasteiger partial charge in [-0.3, -0.25) is 0 Å². The van der Waals surface area contributed by atoms with Crippen LogP contribution in [0.25, 0.3) is 0 Å². The van der Waals surface area contributed by atoms with Crippen LogP contribution in [-0.4, -0.2) is 0 Å². The van der Waals surface area contributed by atoms with Crippen LogP contribution in [0.5, 0.6) is 0 Å². The third-order valence-electron chi connectivity index (χ3n) is 0. The minimum Gasteiger partial charge on any atom is -0.330 e. The second-order valence-corrected chi connectivity index (χ2v) is 1.78. The summed E-state index contributed by atoms with van der Waals surface area (Å²) in [7, 11) is 0. The molecule has 0 radical (unpaired) electrons. The van der Waals surface area contributed by atoms with E-state index in [4.69, 9.17) is 23.2 Å². The standard InChI is InChI=1S/C2H3Cl2.Li/c1-2(3)4;/h1H3;/q-1;+1. The summed E-state index contributed by atoms with van der Waals surface area (Å²) in [6, 6.07) is 0. The molecule has 0 N–H and O–H groups in total. The minimum absolute atomic E-state index is 0. The van der Waals surface area contributed by atoms with Gasteiger partial charge in [-0.15, -0.1) is 4.84 Å². The Morgan fingerprint density at radius 2 is 1.40 bits per heavy atom. The van der Waals surface area contributed by atoms with Crippen molar-refractivity contribution in [3.63, 3.8) is 0 Å². The fourth-order valence-electron chi connectivity index (χ4n) is 0. The molecule has 0 spiro atoms. The summed E-state index contributed by atoms with van der Waals surface area (Å²) in [5, 5.41) is 0. The van der Waals surface area contributed by atoms with Crippen LogP contribution in [0.3, 0.4) is 0 Å². The third kappa shape index (κ3) is 37.7. The van der Waals surface area contributed by atoms with Crippen molar-refractivity contribution in [1.29, 1.82) is 0 Å². The van der Waals surface area contributed by atoms with Gasteiger partial charge in [0, 0.05) is 0 Å². The smallest absolute Gasteiger partial charge is 0.330 e. The van der Waals surface area contributed by atoms with E-state index in [1.807, 2.05) is 0 Å². The van der Waals surface area contributed by atoms with Crippen molar-refractivity contribution in [2.75, 3.05) is 0 Å². The van der Waals surface area contributed by atoms with E-state index in [1.165, 1.54) is 0 Å². The fourth-order valence-corrected chi connectivity index (χ4v) is 0. The monoisotopic (exact) mass is 104 g/mol.